The number of carbonyl (C=O) groups excluding carboxylic acids is 1. The van der Waals surface area contributed by atoms with E-state index in [0.717, 1.165) is 42.7 Å². The van der Waals surface area contributed by atoms with Crippen LogP contribution < -0.4 is 4.74 Å². The molecule has 0 heterocycles. The molecular weight excluding hydrogens is 588 g/mol. The van der Waals surface area contributed by atoms with Crippen molar-refractivity contribution in [3.05, 3.63) is 78.4 Å². The Morgan fingerprint density at radius 2 is 0.938 bits per heavy atom. The summed E-state index contributed by atoms with van der Waals surface area (Å²) in [4.78, 5) is 12.5. The van der Waals surface area contributed by atoms with Gasteiger partial charge in [-0.3, -0.25) is 4.79 Å². The summed E-state index contributed by atoms with van der Waals surface area (Å²) in [5.41, 5.74) is 5.74. The van der Waals surface area contributed by atoms with E-state index in [0.29, 0.717) is 6.42 Å². The van der Waals surface area contributed by atoms with E-state index >= 15 is 0 Å². The van der Waals surface area contributed by atoms with Gasteiger partial charge in [0.25, 0.3) is 0 Å². The van der Waals surface area contributed by atoms with E-state index in [9.17, 15) is 4.79 Å². The topological polar surface area (TPSA) is 35.5 Å². The van der Waals surface area contributed by atoms with Crippen LogP contribution in [0, 0.1) is 0 Å². The molecule has 264 valence electrons. The Morgan fingerprint density at radius 1 is 0.521 bits per heavy atom. The van der Waals surface area contributed by atoms with E-state index in [4.69, 9.17) is 9.47 Å². The van der Waals surface area contributed by atoms with Crippen molar-refractivity contribution in [1.82, 2.24) is 0 Å². The molecule has 0 bridgehead atoms. The van der Waals surface area contributed by atoms with Crippen molar-refractivity contribution in [1.29, 1.82) is 0 Å². The highest BCUT2D eigenvalue weighted by Gasteiger charge is 2.13. The first-order valence-corrected chi connectivity index (χ1v) is 19.7. The molecule has 0 saturated heterocycles. The summed E-state index contributed by atoms with van der Waals surface area (Å²) in [6.07, 6.45) is 26.2. The van der Waals surface area contributed by atoms with Crippen molar-refractivity contribution in [3.8, 4) is 28.0 Å². The highest BCUT2D eigenvalue weighted by molar-refractivity contribution is 5.83. The fraction of sp³-hybridized carbons (Fsp3) is 0.578. The van der Waals surface area contributed by atoms with Gasteiger partial charge in [-0.25, -0.2) is 0 Å². The number of hydrogen-bond acceptors (Lipinski definition) is 3. The number of hydrogen-bond donors (Lipinski definition) is 0. The van der Waals surface area contributed by atoms with E-state index in [-0.39, 0.29) is 12.1 Å². The van der Waals surface area contributed by atoms with Crippen LogP contribution in [0.15, 0.2) is 72.8 Å². The van der Waals surface area contributed by atoms with Crippen LogP contribution in [0.25, 0.3) is 22.3 Å². The van der Waals surface area contributed by atoms with Crippen molar-refractivity contribution in [2.24, 2.45) is 0 Å². The van der Waals surface area contributed by atoms with Crippen molar-refractivity contribution < 1.29 is 14.3 Å². The van der Waals surface area contributed by atoms with Crippen LogP contribution in [0.3, 0.4) is 0 Å². The third-order valence-corrected chi connectivity index (χ3v) is 9.59. The van der Waals surface area contributed by atoms with Crippen LogP contribution in [0.2, 0.25) is 0 Å². The number of benzene rings is 3. The third-order valence-electron chi connectivity index (χ3n) is 9.59. The summed E-state index contributed by atoms with van der Waals surface area (Å²) < 4.78 is 11.9. The van der Waals surface area contributed by atoms with Crippen LogP contribution >= 0.6 is 0 Å². The second-order valence-electron chi connectivity index (χ2n) is 13.8. The lowest BCUT2D eigenvalue weighted by atomic mass is 9.93. The zero-order valence-corrected chi connectivity index (χ0v) is 30.8. The van der Waals surface area contributed by atoms with E-state index in [1.54, 1.807) is 0 Å². The summed E-state index contributed by atoms with van der Waals surface area (Å²) in [5.74, 6) is 0.848. The second kappa shape index (κ2) is 25.0. The molecule has 48 heavy (non-hydrogen) atoms. The van der Waals surface area contributed by atoms with Crippen molar-refractivity contribution in [2.75, 3.05) is 6.61 Å². The molecule has 1 unspecified atom stereocenters. The van der Waals surface area contributed by atoms with Gasteiger partial charge in [-0.2, -0.15) is 0 Å². The maximum atomic E-state index is 12.5. The van der Waals surface area contributed by atoms with Crippen LogP contribution in [-0.2, 0) is 9.53 Å². The van der Waals surface area contributed by atoms with Crippen LogP contribution in [0.5, 0.6) is 5.75 Å². The van der Waals surface area contributed by atoms with Gasteiger partial charge in [-0.05, 0) is 59.7 Å². The Morgan fingerprint density at radius 3 is 1.42 bits per heavy atom. The first-order chi connectivity index (χ1) is 23.6. The predicted molar refractivity (Wildman–Crippen MR) is 206 cm³/mol. The Kier molecular flexibility index (Phi) is 20.5. The van der Waals surface area contributed by atoms with E-state index in [1.165, 1.54) is 126 Å². The molecule has 0 amide bonds. The largest absolute Gasteiger partial charge is 0.494 e. The predicted octanol–water partition coefficient (Wildman–Crippen LogP) is 14.2. The zero-order valence-electron chi connectivity index (χ0n) is 30.8. The summed E-state index contributed by atoms with van der Waals surface area (Å²) >= 11 is 0. The Bertz CT molecular complexity index is 1230. The van der Waals surface area contributed by atoms with Gasteiger partial charge in [-0.15, -0.1) is 0 Å². The lowest BCUT2D eigenvalue weighted by Gasteiger charge is -2.15. The molecule has 0 fully saturated rings. The molecule has 1 atom stereocenters. The minimum atomic E-state index is -0.252. The third kappa shape index (κ3) is 15.9. The molecule has 3 heteroatoms. The van der Waals surface area contributed by atoms with Crippen molar-refractivity contribution in [3.63, 3.8) is 0 Å². The standard InChI is InChI=1S/C45H66O3/c1-4-6-8-10-12-14-15-16-18-20-22-28-45(46)48-38(3)39-29-31-40(32-30-39)43-26-23-24-27-44(43)41-33-35-42(36-34-41)47-37-25-21-19-17-13-11-9-7-5-2/h23-24,26-27,29-36,38H,4-22,25,28,37H2,1-3H3. The number of esters is 1. The molecule has 0 N–H and O–H groups in total. The monoisotopic (exact) mass is 655 g/mol. The maximum Gasteiger partial charge on any atom is 0.306 e. The molecule has 3 rings (SSSR count). The molecule has 0 aromatic heterocycles. The van der Waals surface area contributed by atoms with Gasteiger partial charge < -0.3 is 9.47 Å². The summed E-state index contributed by atoms with van der Waals surface area (Å²) in [7, 11) is 0. The number of rotatable bonds is 27. The second-order valence-corrected chi connectivity index (χ2v) is 13.8. The van der Waals surface area contributed by atoms with Crippen molar-refractivity contribution in [2.45, 2.75) is 162 Å². The fourth-order valence-corrected chi connectivity index (χ4v) is 6.51. The maximum absolute atomic E-state index is 12.5. The number of ether oxygens (including phenoxy) is 2. The van der Waals surface area contributed by atoms with Crippen LogP contribution in [0.1, 0.15) is 167 Å². The van der Waals surface area contributed by atoms with Gasteiger partial charge >= 0.3 is 5.97 Å². The van der Waals surface area contributed by atoms with Crippen LogP contribution in [0.4, 0.5) is 0 Å². The van der Waals surface area contributed by atoms with Gasteiger partial charge in [-0.1, -0.05) is 190 Å². The van der Waals surface area contributed by atoms with Gasteiger partial charge in [0.2, 0.25) is 0 Å². The van der Waals surface area contributed by atoms with E-state index in [2.05, 4.69) is 86.6 Å². The molecular formula is C45H66O3. The lowest BCUT2D eigenvalue weighted by molar-refractivity contribution is -0.148. The van der Waals surface area contributed by atoms with Gasteiger partial charge in [0.15, 0.2) is 0 Å². The average Bonchev–Trinajstić information content (AvgIpc) is 3.11. The SMILES string of the molecule is CCCCCCCCCCCCCC(=O)OC(C)c1ccc(-c2ccccc2-c2ccc(OCCCCCCCCCCC)cc2)cc1. The Hall–Kier alpha value is -3.07. The molecule has 0 aliphatic rings. The molecule has 0 saturated carbocycles. The Labute approximate surface area is 294 Å². The normalized spacial score (nSPS) is 11.8. The quantitative estimate of drug-likeness (QED) is 0.0606. The average molecular weight is 655 g/mol. The first kappa shape index (κ1) is 39.4. The summed E-state index contributed by atoms with van der Waals surface area (Å²) in [6.45, 7) is 7.30. The minimum absolute atomic E-state index is 0.0894. The van der Waals surface area contributed by atoms with Gasteiger partial charge in [0.05, 0.1) is 6.61 Å². The first-order valence-electron chi connectivity index (χ1n) is 19.7. The van der Waals surface area contributed by atoms with E-state index < -0.39 is 0 Å². The number of carbonyl (C=O) groups is 1. The Balaban J connectivity index is 1.38. The fourth-order valence-electron chi connectivity index (χ4n) is 6.51. The lowest BCUT2D eigenvalue weighted by Crippen LogP contribution is -2.08. The molecule has 0 aliphatic carbocycles. The van der Waals surface area contributed by atoms with Crippen LogP contribution in [-0.4, -0.2) is 12.6 Å². The number of unbranched alkanes of at least 4 members (excludes halogenated alkanes) is 18. The molecule has 3 nitrogen and oxygen atoms in total. The molecule has 0 radical (unpaired) electrons. The smallest absolute Gasteiger partial charge is 0.306 e. The summed E-state index contributed by atoms with van der Waals surface area (Å²) in [5, 5.41) is 0. The van der Waals surface area contributed by atoms with Gasteiger partial charge in [0, 0.05) is 6.42 Å². The molecule has 0 spiro atoms. The van der Waals surface area contributed by atoms with E-state index in [1.807, 2.05) is 6.92 Å². The van der Waals surface area contributed by atoms with Gasteiger partial charge in [0.1, 0.15) is 11.9 Å². The molecule has 3 aromatic carbocycles. The molecule has 3 aromatic rings. The highest BCUT2D eigenvalue weighted by Crippen LogP contribution is 2.34. The zero-order chi connectivity index (χ0) is 34.1. The minimum Gasteiger partial charge on any atom is -0.494 e. The molecule has 0 aliphatic heterocycles. The highest BCUT2D eigenvalue weighted by atomic mass is 16.5. The summed E-state index contributed by atoms with van der Waals surface area (Å²) in [6, 6.07) is 25.5. The van der Waals surface area contributed by atoms with Crippen molar-refractivity contribution >= 4 is 5.97 Å².